The van der Waals surface area contributed by atoms with Gasteiger partial charge in [0.1, 0.15) is 5.75 Å². The first-order valence-electron chi connectivity index (χ1n) is 6.95. The number of ether oxygens (including phenoxy) is 1. The molecule has 0 aliphatic carbocycles. The molecule has 0 fully saturated rings. The third kappa shape index (κ3) is 3.60. The highest BCUT2D eigenvalue weighted by Crippen LogP contribution is 2.32. The number of anilines is 1. The first-order chi connectivity index (χ1) is 11.3. The number of benzene rings is 1. The largest absolute Gasteiger partial charge is 0.573 e. The minimum Gasteiger partial charge on any atom is -0.406 e. The normalized spacial score (nSPS) is 18.2. The fourth-order valence-corrected chi connectivity index (χ4v) is 2.92. The Morgan fingerprint density at radius 1 is 1.25 bits per heavy atom. The van der Waals surface area contributed by atoms with E-state index in [9.17, 15) is 18.3 Å². The summed E-state index contributed by atoms with van der Waals surface area (Å²) in [6.45, 7) is 1.87. The zero-order valence-electron chi connectivity index (χ0n) is 12.5. The number of aromatic nitrogens is 1. The molecule has 2 heterocycles. The van der Waals surface area contributed by atoms with Crippen molar-refractivity contribution < 1.29 is 23.0 Å². The number of alkyl halides is 3. The second kappa shape index (κ2) is 6.29. The fraction of sp³-hybridized carbons (Fsp3) is 0.188. The molecule has 0 bridgehead atoms. The van der Waals surface area contributed by atoms with E-state index in [0.717, 1.165) is 16.8 Å². The topological polar surface area (TPSA) is 45.6 Å². The van der Waals surface area contributed by atoms with Gasteiger partial charge in [-0.25, -0.2) is 4.98 Å². The van der Waals surface area contributed by atoms with Crippen LogP contribution in [0.1, 0.15) is 12.6 Å². The molecule has 1 N–H and O–H groups in total. The molecule has 1 aromatic carbocycles. The average molecular weight is 354 g/mol. The summed E-state index contributed by atoms with van der Waals surface area (Å²) in [5.74, 6) is -0.312. The van der Waals surface area contributed by atoms with Crippen LogP contribution in [0.15, 0.2) is 53.0 Å². The van der Waals surface area contributed by atoms with E-state index >= 15 is 0 Å². The maximum atomic E-state index is 12.2. The number of rotatable bonds is 3. The molecule has 1 unspecified atom stereocenters. The predicted molar refractivity (Wildman–Crippen MR) is 85.5 cm³/mol. The minimum absolute atomic E-state index is 0.312. The predicted octanol–water partition coefficient (Wildman–Crippen LogP) is 4.17. The van der Waals surface area contributed by atoms with Crippen LogP contribution in [0.4, 0.5) is 18.9 Å². The standard InChI is InChI=1S/C16H13F3N2O2S/c1-10-6-15(22)21(7-13(10)14-8-24-9-20-14)11-2-4-12(5-3-11)23-16(17,18)19/h2-9,15,22H,1H3. The van der Waals surface area contributed by atoms with Gasteiger partial charge in [-0.15, -0.1) is 24.5 Å². The Hall–Kier alpha value is -2.32. The monoisotopic (exact) mass is 354 g/mol. The Labute approximate surface area is 140 Å². The number of nitrogens with zero attached hydrogens (tertiary/aromatic N) is 2. The second-order valence-electron chi connectivity index (χ2n) is 5.13. The summed E-state index contributed by atoms with van der Waals surface area (Å²) in [7, 11) is 0. The molecule has 126 valence electrons. The van der Waals surface area contributed by atoms with Crippen molar-refractivity contribution in [3.63, 3.8) is 0 Å². The lowest BCUT2D eigenvalue weighted by atomic mass is 10.0. The van der Waals surface area contributed by atoms with Crippen LogP contribution in [0.25, 0.3) is 5.57 Å². The molecule has 2 aromatic rings. The number of hydrogen-bond donors (Lipinski definition) is 1. The molecule has 0 saturated carbocycles. The van der Waals surface area contributed by atoms with Crippen LogP contribution in [0.2, 0.25) is 0 Å². The van der Waals surface area contributed by atoms with Crippen molar-refractivity contribution in [1.82, 2.24) is 4.98 Å². The van der Waals surface area contributed by atoms with Gasteiger partial charge in [0.15, 0.2) is 6.23 Å². The van der Waals surface area contributed by atoms with Crippen molar-refractivity contribution in [3.8, 4) is 5.75 Å². The van der Waals surface area contributed by atoms with Crippen molar-refractivity contribution in [2.24, 2.45) is 0 Å². The SMILES string of the molecule is CC1=CC(O)N(c2ccc(OC(F)(F)F)cc2)C=C1c1cscn1. The first kappa shape index (κ1) is 16.5. The van der Waals surface area contributed by atoms with Crippen LogP contribution in [-0.2, 0) is 0 Å². The average Bonchev–Trinajstić information content (AvgIpc) is 3.01. The fourth-order valence-electron chi connectivity index (χ4n) is 2.37. The lowest BCUT2D eigenvalue weighted by Gasteiger charge is -2.30. The van der Waals surface area contributed by atoms with Gasteiger partial charge in [-0.05, 0) is 42.8 Å². The Morgan fingerprint density at radius 2 is 1.96 bits per heavy atom. The Balaban J connectivity index is 1.88. The van der Waals surface area contributed by atoms with E-state index in [1.54, 1.807) is 22.7 Å². The van der Waals surface area contributed by atoms with Crippen LogP contribution >= 0.6 is 11.3 Å². The molecule has 3 rings (SSSR count). The molecule has 0 amide bonds. The van der Waals surface area contributed by atoms with Gasteiger partial charge in [-0.1, -0.05) is 0 Å². The van der Waals surface area contributed by atoms with E-state index in [0.29, 0.717) is 5.69 Å². The zero-order valence-corrected chi connectivity index (χ0v) is 13.3. The summed E-state index contributed by atoms with van der Waals surface area (Å²) in [6, 6.07) is 5.32. The maximum absolute atomic E-state index is 12.2. The molecule has 8 heteroatoms. The number of halogens is 3. The van der Waals surface area contributed by atoms with Gasteiger partial charge in [-0.3, -0.25) is 0 Å². The van der Waals surface area contributed by atoms with Crippen LogP contribution in [0.3, 0.4) is 0 Å². The van der Waals surface area contributed by atoms with Crippen molar-refractivity contribution in [2.75, 3.05) is 4.90 Å². The highest BCUT2D eigenvalue weighted by molar-refractivity contribution is 7.07. The van der Waals surface area contributed by atoms with Crippen molar-refractivity contribution in [3.05, 3.63) is 58.7 Å². The summed E-state index contributed by atoms with van der Waals surface area (Å²) in [4.78, 5) is 5.81. The minimum atomic E-state index is -4.73. The summed E-state index contributed by atoms with van der Waals surface area (Å²) in [5.41, 5.74) is 4.75. The highest BCUT2D eigenvalue weighted by atomic mass is 32.1. The quantitative estimate of drug-likeness (QED) is 0.899. The molecule has 4 nitrogen and oxygen atoms in total. The van der Waals surface area contributed by atoms with Gasteiger partial charge in [0, 0.05) is 22.8 Å². The Morgan fingerprint density at radius 3 is 2.54 bits per heavy atom. The Bertz CT molecular complexity index is 768. The summed E-state index contributed by atoms with van der Waals surface area (Å²) in [5, 5.41) is 12.1. The molecule has 24 heavy (non-hydrogen) atoms. The van der Waals surface area contributed by atoms with Gasteiger partial charge in [-0.2, -0.15) is 0 Å². The number of thiazole rings is 1. The van der Waals surface area contributed by atoms with E-state index in [1.807, 2.05) is 12.3 Å². The third-order valence-corrected chi connectivity index (χ3v) is 4.04. The van der Waals surface area contributed by atoms with E-state index < -0.39 is 12.6 Å². The molecule has 0 saturated heterocycles. The van der Waals surface area contributed by atoms with Gasteiger partial charge in [0.05, 0.1) is 11.2 Å². The third-order valence-electron chi connectivity index (χ3n) is 3.45. The molecule has 1 atom stereocenters. The lowest BCUT2D eigenvalue weighted by Crippen LogP contribution is -2.31. The van der Waals surface area contributed by atoms with E-state index in [1.165, 1.54) is 35.6 Å². The van der Waals surface area contributed by atoms with Crippen LogP contribution in [-0.4, -0.2) is 22.7 Å². The lowest BCUT2D eigenvalue weighted by molar-refractivity contribution is -0.274. The second-order valence-corrected chi connectivity index (χ2v) is 5.85. The Kier molecular flexibility index (Phi) is 4.33. The molecule has 0 spiro atoms. The smallest absolute Gasteiger partial charge is 0.406 e. The van der Waals surface area contributed by atoms with E-state index in [4.69, 9.17) is 0 Å². The van der Waals surface area contributed by atoms with E-state index in [2.05, 4.69) is 9.72 Å². The van der Waals surface area contributed by atoms with Gasteiger partial charge >= 0.3 is 6.36 Å². The van der Waals surface area contributed by atoms with Gasteiger partial charge in [0.2, 0.25) is 0 Å². The number of aliphatic hydroxyl groups excluding tert-OH is 1. The summed E-state index contributed by atoms with van der Waals surface area (Å²) < 4.78 is 40.5. The van der Waals surface area contributed by atoms with Crippen LogP contribution < -0.4 is 9.64 Å². The number of aliphatic hydroxyl groups is 1. The molecule has 0 radical (unpaired) electrons. The van der Waals surface area contributed by atoms with Crippen molar-refractivity contribution >= 4 is 22.6 Å². The molecular formula is C16H13F3N2O2S. The molecule has 1 aliphatic heterocycles. The van der Waals surface area contributed by atoms with Crippen molar-refractivity contribution in [2.45, 2.75) is 19.5 Å². The van der Waals surface area contributed by atoms with E-state index in [-0.39, 0.29) is 5.75 Å². The molecular weight excluding hydrogens is 341 g/mol. The molecule has 1 aromatic heterocycles. The summed E-state index contributed by atoms with van der Waals surface area (Å²) in [6.07, 6.45) is -2.26. The van der Waals surface area contributed by atoms with Crippen LogP contribution in [0, 0.1) is 0 Å². The van der Waals surface area contributed by atoms with Crippen molar-refractivity contribution in [1.29, 1.82) is 0 Å². The number of allylic oxidation sites excluding steroid dienone is 2. The number of hydrogen-bond acceptors (Lipinski definition) is 5. The zero-order chi connectivity index (χ0) is 17.3. The highest BCUT2D eigenvalue weighted by Gasteiger charge is 2.31. The first-order valence-corrected chi connectivity index (χ1v) is 7.89. The maximum Gasteiger partial charge on any atom is 0.573 e. The molecule has 1 aliphatic rings. The van der Waals surface area contributed by atoms with Gasteiger partial charge in [0.25, 0.3) is 0 Å². The van der Waals surface area contributed by atoms with Crippen LogP contribution in [0.5, 0.6) is 5.75 Å². The van der Waals surface area contributed by atoms with Gasteiger partial charge < -0.3 is 14.7 Å². The summed E-state index contributed by atoms with van der Waals surface area (Å²) >= 11 is 1.46.